The quantitative estimate of drug-likeness (QED) is 0.853. The average molecular weight is 252 g/mol. The molecule has 6 heteroatoms. The number of hydrogen-bond donors (Lipinski definition) is 2. The molecule has 0 saturated carbocycles. The van der Waals surface area contributed by atoms with Gasteiger partial charge < -0.3 is 14.8 Å². The minimum atomic E-state index is -1.05. The Morgan fingerprint density at radius 3 is 3.18 bits per heavy atom. The number of carboxylic acid groups (broad SMARTS) is 1. The summed E-state index contributed by atoms with van der Waals surface area (Å²) in [5.74, 6) is -1.06. The number of rotatable bonds is 5. The molecule has 0 aliphatic rings. The summed E-state index contributed by atoms with van der Waals surface area (Å²) < 4.78 is 4.90. The monoisotopic (exact) mass is 252 g/mol. The Labute approximate surface area is 102 Å². The van der Waals surface area contributed by atoms with E-state index in [1.807, 2.05) is 12.3 Å². The predicted molar refractivity (Wildman–Crippen MR) is 63.0 cm³/mol. The van der Waals surface area contributed by atoms with Crippen LogP contribution in [0.25, 0.3) is 0 Å². The van der Waals surface area contributed by atoms with Crippen LogP contribution < -0.4 is 5.32 Å². The van der Waals surface area contributed by atoms with Crippen molar-refractivity contribution < 1.29 is 14.3 Å². The molecule has 0 amide bonds. The van der Waals surface area contributed by atoms with Crippen molar-refractivity contribution in [2.45, 2.75) is 19.5 Å². The van der Waals surface area contributed by atoms with Crippen LogP contribution in [0.2, 0.25) is 0 Å². The molecule has 0 spiro atoms. The number of aromatic nitrogens is 1. The molecule has 1 atom stereocenters. The van der Waals surface area contributed by atoms with Crippen LogP contribution in [0.5, 0.6) is 0 Å². The summed E-state index contributed by atoms with van der Waals surface area (Å²) in [6.07, 6.45) is 3.13. The van der Waals surface area contributed by atoms with Gasteiger partial charge in [0.05, 0.1) is 12.3 Å². The van der Waals surface area contributed by atoms with Gasteiger partial charge in [-0.05, 0) is 13.0 Å². The topological polar surface area (TPSA) is 75.4 Å². The minimum absolute atomic E-state index is 0.0103. The number of furan rings is 1. The van der Waals surface area contributed by atoms with Gasteiger partial charge in [-0.25, -0.2) is 9.78 Å². The molecule has 17 heavy (non-hydrogen) atoms. The van der Waals surface area contributed by atoms with Crippen molar-refractivity contribution in [3.63, 3.8) is 0 Å². The summed E-state index contributed by atoms with van der Waals surface area (Å²) in [6, 6.07) is 1.75. The van der Waals surface area contributed by atoms with Crippen LogP contribution >= 0.6 is 11.3 Å². The van der Waals surface area contributed by atoms with Gasteiger partial charge in [0.25, 0.3) is 0 Å². The van der Waals surface area contributed by atoms with Crippen LogP contribution in [0.15, 0.2) is 28.3 Å². The molecule has 2 heterocycles. The predicted octanol–water partition coefficient (Wildman–Crippen LogP) is 2.29. The highest BCUT2D eigenvalue weighted by molar-refractivity contribution is 7.09. The summed E-state index contributed by atoms with van der Waals surface area (Å²) in [6.45, 7) is 2.43. The van der Waals surface area contributed by atoms with Gasteiger partial charge >= 0.3 is 5.97 Å². The lowest BCUT2D eigenvalue weighted by Gasteiger charge is -2.10. The van der Waals surface area contributed by atoms with E-state index >= 15 is 0 Å². The maximum absolute atomic E-state index is 10.8. The van der Waals surface area contributed by atoms with Gasteiger partial charge in [-0.1, -0.05) is 0 Å². The molecule has 1 unspecified atom stereocenters. The first-order valence-corrected chi connectivity index (χ1v) is 5.99. The van der Waals surface area contributed by atoms with Gasteiger partial charge in [-0.3, -0.25) is 0 Å². The van der Waals surface area contributed by atoms with E-state index in [1.165, 1.54) is 6.26 Å². The van der Waals surface area contributed by atoms with Crippen molar-refractivity contribution in [2.75, 3.05) is 0 Å². The summed E-state index contributed by atoms with van der Waals surface area (Å²) >= 11 is 1.57. The Morgan fingerprint density at radius 1 is 1.71 bits per heavy atom. The molecule has 5 nitrogen and oxygen atoms in total. The van der Waals surface area contributed by atoms with E-state index in [2.05, 4.69) is 10.3 Å². The third-order valence-electron chi connectivity index (χ3n) is 2.36. The van der Waals surface area contributed by atoms with E-state index in [1.54, 1.807) is 23.6 Å². The molecule has 2 rings (SSSR count). The number of carbonyl (C=O) groups is 1. The van der Waals surface area contributed by atoms with Crippen molar-refractivity contribution in [1.82, 2.24) is 10.3 Å². The molecule has 0 aromatic carbocycles. The minimum Gasteiger partial charge on any atom is -0.475 e. The van der Waals surface area contributed by atoms with Gasteiger partial charge in [-0.15, -0.1) is 11.3 Å². The summed E-state index contributed by atoms with van der Waals surface area (Å²) in [5, 5.41) is 15.0. The van der Waals surface area contributed by atoms with Crippen molar-refractivity contribution in [3.05, 3.63) is 40.2 Å². The molecule has 2 aromatic heterocycles. The molecular weight excluding hydrogens is 240 g/mol. The molecule has 0 aliphatic heterocycles. The van der Waals surface area contributed by atoms with Crippen molar-refractivity contribution >= 4 is 17.3 Å². The van der Waals surface area contributed by atoms with Crippen molar-refractivity contribution in [2.24, 2.45) is 0 Å². The highest BCUT2D eigenvalue weighted by atomic mass is 32.1. The van der Waals surface area contributed by atoms with Crippen LogP contribution in [0.3, 0.4) is 0 Å². The molecule has 90 valence electrons. The van der Waals surface area contributed by atoms with Crippen LogP contribution in [-0.4, -0.2) is 16.1 Å². The third kappa shape index (κ3) is 2.72. The number of hydrogen-bond acceptors (Lipinski definition) is 5. The van der Waals surface area contributed by atoms with Gasteiger partial charge in [-0.2, -0.15) is 0 Å². The first-order chi connectivity index (χ1) is 8.18. The van der Waals surface area contributed by atoms with Crippen LogP contribution in [0, 0.1) is 0 Å². The molecular formula is C11H12N2O3S. The molecule has 0 saturated heterocycles. The Hall–Kier alpha value is -1.66. The molecule has 2 aromatic rings. The van der Waals surface area contributed by atoms with Crippen LogP contribution in [0.4, 0.5) is 0 Å². The molecule has 2 N–H and O–H groups in total. The lowest BCUT2D eigenvalue weighted by Crippen LogP contribution is -2.18. The summed E-state index contributed by atoms with van der Waals surface area (Å²) in [5.41, 5.74) is 0.640. The SMILES string of the molecule is CC(NCc1ccoc1C(=O)O)c1nccs1. The molecule has 0 radical (unpaired) electrons. The second-order valence-electron chi connectivity index (χ2n) is 3.55. The Balaban J connectivity index is 1.98. The van der Waals surface area contributed by atoms with E-state index in [-0.39, 0.29) is 11.8 Å². The van der Waals surface area contributed by atoms with Crippen molar-refractivity contribution in [3.8, 4) is 0 Å². The summed E-state index contributed by atoms with van der Waals surface area (Å²) in [7, 11) is 0. The number of nitrogens with zero attached hydrogens (tertiary/aromatic N) is 1. The maximum Gasteiger partial charge on any atom is 0.372 e. The third-order valence-corrected chi connectivity index (χ3v) is 3.32. The maximum atomic E-state index is 10.8. The zero-order valence-corrected chi connectivity index (χ0v) is 10.0. The van der Waals surface area contributed by atoms with E-state index in [4.69, 9.17) is 9.52 Å². The van der Waals surface area contributed by atoms with Crippen LogP contribution in [0.1, 0.15) is 34.1 Å². The van der Waals surface area contributed by atoms with E-state index < -0.39 is 5.97 Å². The van der Waals surface area contributed by atoms with Gasteiger partial charge in [0.2, 0.25) is 5.76 Å². The largest absolute Gasteiger partial charge is 0.475 e. The molecule has 0 aliphatic carbocycles. The fraction of sp³-hybridized carbons (Fsp3) is 0.273. The first-order valence-electron chi connectivity index (χ1n) is 5.11. The van der Waals surface area contributed by atoms with E-state index in [0.29, 0.717) is 12.1 Å². The standard InChI is InChI=1S/C11H12N2O3S/c1-7(10-12-3-5-17-10)13-6-8-2-4-16-9(8)11(14)15/h2-5,7,13H,6H2,1H3,(H,14,15). The number of nitrogens with one attached hydrogen (secondary N) is 1. The summed E-state index contributed by atoms with van der Waals surface area (Å²) in [4.78, 5) is 15.0. The highest BCUT2D eigenvalue weighted by Crippen LogP contribution is 2.17. The van der Waals surface area contributed by atoms with Gasteiger partial charge in [0, 0.05) is 23.7 Å². The lowest BCUT2D eigenvalue weighted by molar-refractivity contribution is 0.0660. The highest BCUT2D eigenvalue weighted by Gasteiger charge is 2.15. The Morgan fingerprint density at radius 2 is 2.53 bits per heavy atom. The van der Waals surface area contributed by atoms with Crippen molar-refractivity contribution in [1.29, 1.82) is 0 Å². The Kier molecular flexibility index (Phi) is 3.55. The Bertz CT molecular complexity index is 493. The van der Waals surface area contributed by atoms with Gasteiger partial charge in [0.1, 0.15) is 5.01 Å². The van der Waals surface area contributed by atoms with E-state index in [9.17, 15) is 4.79 Å². The lowest BCUT2D eigenvalue weighted by atomic mass is 10.2. The van der Waals surface area contributed by atoms with Crippen LogP contribution in [-0.2, 0) is 6.54 Å². The number of thiazole rings is 1. The average Bonchev–Trinajstić information content (AvgIpc) is 2.96. The first kappa shape index (κ1) is 11.8. The number of carboxylic acids is 1. The zero-order valence-electron chi connectivity index (χ0n) is 9.21. The smallest absolute Gasteiger partial charge is 0.372 e. The fourth-order valence-electron chi connectivity index (χ4n) is 1.46. The number of aromatic carboxylic acids is 1. The zero-order chi connectivity index (χ0) is 12.3. The van der Waals surface area contributed by atoms with Gasteiger partial charge in [0.15, 0.2) is 0 Å². The van der Waals surface area contributed by atoms with E-state index in [0.717, 1.165) is 5.01 Å². The normalized spacial score (nSPS) is 12.5. The molecule has 0 fully saturated rings. The second kappa shape index (κ2) is 5.11. The molecule has 0 bridgehead atoms. The second-order valence-corrected chi connectivity index (χ2v) is 4.48. The fourth-order valence-corrected chi connectivity index (χ4v) is 2.13.